The van der Waals surface area contributed by atoms with Crippen molar-refractivity contribution < 1.29 is 4.79 Å². The average molecular weight is 398 g/mol. The van der Waals surface area contributed by atoms with Gasteiger partial charge in [-0.1, -0.05) is 67.9 Å². The molecule has 3 aromatic carbocycles. The van der Waals surface area contributed by atoms with E-state index in [2.05, 4.69) is 72.2 Å². The Morgan fingerprint density at radius 3 is 2.70 bits per heavy atom. The van der Waals surface area contributed by atoms with E-state index in [-0.39, 0.29) is 11.8 Å². The molecule has 1 aliphatic rings. The van der Waals surface area contributed by atoms with E-state index in [4.69, 9.17) is 4.98 Å². The number of benzene rings is 3. The zero-order valence-electron chi connectivity index (χ0n) is 17.4. The average Bonchev–Trinajstić information content (AvgIpc) is 3.33. The smallest absolute Gasteiger partial charge is 0.223 e. The van der Waals surface area contributed by atoms with Crippen molar-refractivity contribution in [2.75, 3.05) is 13.1 Å². The topological polar surface area (TPSA) is 38.1 Å². The minimum Gasteiger partial charge on any atom is -0.342 e. The van der Waals surface area contributed by atoms with Crippen molar-refractivity contribution in [1.29, 1.82) is 0 Å². The second-order valence-corrected chi connectivity index (χ2v) is 8.28. The number of para-hydroxylation sites is 2. The fourth-order valence-corrected chi connectivity index (χ4v) is 4.68. The molecule has 1 amide bonds. The zero-order chi connectivity index (χ0) is 20.5. The summed E-state index contributed by atoms with van der Waals surface area (Å²) < 4.78 is 2.33. The van der Waals surface area contributed by atoms with E-state index in [0.717, 1.165) is 49.3 Å². The van der Waals surface area contributed by atoms with Crippen LogP contribution < -0.4 is 0 Å². The third-order valence-corrected chi connectivity index (χ3v) is 6.25. The molecule has 1 atom stereocenters. The summed E-state index contributed by atoms with van der Waals surface area (Å²) in [6.45, 7) is 4.56. The summed E-state index contributed by atoms with van der Waals surface area (Å²) in [4.78, 5) is 19.6. The number of imidazole rings is 1. The van der Waals surface area contributed by atoms with Crippen LogP contribution in [-0.4, -0.2) is 33.4 Å². The summed E-state index contributed by atoms with van der Waals surface area (Å²) in [5, 5.41) is 2.53. The minimum absolute atomic E-state index is 0.150. The zero-order valence-corrected chi connectivity index (χ0v) is 17.4. The third kappa shape index (κ3) is 3.36. The molecule has 5 rings (SSSR count). The molecule has 1 fully saturated rings. The number of nitrogens with zero attached hydrogens (tertiary/aromatic N) is 3. The van der Waals surface area contributed by atoms with Crippen LogP contribution in [0.1, 0.15) is 43.5 Å². The van der Waals surface area contributed by atoms with Gasteiger partial charge >= 0.3 is 0 Å². The largest absolute Gasteiger partial charge is 0.342 e. The highest BCUT2D eigenvalue weighted by molar-refractivity contribution is 5.86. The molecule has 152 valence electrons. The molecule has 30 heavy (non-hydrogen) atoms. The van der Waals surface area contributed by atoms with E-state index >= 15 is 0 Å². The SMILES string of the molecule is CCCCN1CC(c2nc3ccccc3n2Cc2cccc3ccccc23)CC1=O. The van der Waals surface area contributed by atoms with Gasteiger partial charge in [0.25, 0.3) is 0 Å². The molecule has 0 saturated carbocycles. The first-order chi connectivity index (χ1) is 14.7. The van der Waals surface area contributed by atoms with Crippen LogP contribution >= 0.6 is 0 Å². The lowest BCUT2D eigenvalue weighted by atomic mass is 10.0. The molecular formula is C26H27N3O. The number of hydrogen-bond donors (Lipinski definition) is 0. The fraction of sp³-hybridized carbons (Fsp3) is 0.308. The monoisotopic (exact) mass is 397 g/mol. The maximum atomic E-state index is 12.6. The summed E-state index contributed by atoms with van der Waals surface area (Å²) in [6.07, 6.45) is 2.72. The molecule has 0 radical (unpaired) electrons. The molecule has 0 bridgehead atoms. The Balaban J connectivity index is 1.56. The number of fused-ring (bicyclic) bond motifs is 2. The highest BCUT2D eigenvalue weighted by atomic mass is 16.2. The van der Waals surface area contributed by atoms with Crippen LogP contribution in [0.4, 0.5) is 0 Å². The van der Waals surface area contributed by atoms with E-state index in [1.807, 2.05) is 11.0 Å². The van der Waals surface area contributed by atoms with Gasteiger partial charge < -0.3 is 9.47 Å². The minimum atomic E-state index is 0.150. The number of unbranched alkanes of at least 4 members (excludes halogenated alkanes) is 1. The summed E-state index contributed by atoms with van der Waals surface area (Å²) in [7, 11) is 0. The van der Waals surface area contributed by atoms with Crippen LogP contribution in [0, 0.1) is 0 Å². The van der Waals surface area contributed by atoms with Gasteiger partial charge in [-0.3, -0.25) is 4.79 Å². The van der Waals surface area contributed by atoms with Gasteiger partial charge in [-0.2, -0.15) is 0 Å². The Morgan fingerprint density at radius 1 is 1.00 bits per heavy atom. The second-order valence-electron chi connectivity index (χ2n) is 8.28. The van der Waals surface area contributed by atoms with E-state index in [9.17, 15) is 4.79 Å². The number of amides is 1. The molecular weight excluding hydrogens is 370 g/mol. The summed E-state index contributed by atoms with van der Waals surface area (Å²) in [5.41, 5.74) is 3.43. The molecule has 0 aliphatic carbocycles. The van der Waals surface area contributed by atoms with Crippen molar-refractivity contribution in [2.45, 2.75) is 38.6 Å². The lowest BCUT2D eigenvalue weighted by Crippen LogP contribution is -2.26. The number of carbonyl (C=O) groups is 1. The van der Waals surface area contributed by atoms with Gasteiger partial charge in [-0.25, -0.2) is 4.98 Å². The van der Waals surface area contributed by atoms with Crippen LogP contribution in [-0.2, 0) is 11.3 Å². The molecule has 2 heterocycles. The van der Waals surface area contributed by atoms with Crippen molar-refractivity contribution in [3.63, 3.8) is 0 Å². The Kier molecular flexibility index (Phi) is 4.99. The Morgan fingerprint density at radius 2 is 1.80 bits per heavy atom. The van der Waals surface area contributed by atoms with Crippen molar-refractivity contribution in [3.05, 3.63) is 78.1 Å². The van der Waals surface area contributed by atoms with Crippen molar-refractivity contribution in [1.82, 2.24) is 14.5 Å². The van der Waals surface area contributed by atoms with Crippen molar-refractivity contribution >= 4 is 27.7 Å². The lowest BCUT2D eigenvalue weighted by Gasteiger charge is -2.17. The van der Waals surface area contributed by atoms with Crippen LogP contribution in [0.25, 0.3) is 21.8 Å². The first-order valence-electron chi connectivity index (χ1n) is 10.9. The van der Waals surface area contributed by atoms with E-state index < -0.39 is 0 Å². The Hall–Kier alpha value is -3.14. The standard InChI is InChI=1S/C26H27N3O/c1-2-3-15-28-17-21(16-25(28)30)26-27-23-13-6-7-14-24(23)29(26)18-20-11-8-10-19-9-4-5-12-22(19)20/h4-14,21H,2-3,15-18H2,1H3. The predicted molar refractivity (Wildman–Crippen MR) is 122 cm³/mol. The molecule has 4 aromatic rings. The van der Waals surface area contributed by atoms with Crippen LogP contribution in [0.3, 0.4) is 0 Å². The molecule has 1 saturated heterocycles. The number of aromatic nitrogens is 2. The van der Waals surface area contributed by atoms with Crippen LogP contribution in [0.5, 0.6) is 0 Å². The maximum Gasteiger partial charge on any atom is 0.223 e. The highest BCUT2D eigenvalue weighted by Crippen LogP contribution is 2.32. The van der Waals surface area contributed by atoms with Crippen LogP contribution in [0.2, 0.25) is 0 Å². The lowest BCUT2D eigenvalue weighted by molar-refractivity contribution is -0.127. The first kappa shape index (κ1) is 18.9. The summed E-state index contributed by atoms with van der Waals surface area (Å²) >= 11 is 0. The van der Waals surface area contributed by atoms with Gasteiger partial charge in [-0.15, -0.1) is 0 Å². The van der Waals surface area contributed by atoms with Gasteiger partial charge in [0.05, 0.1) is 11.0 Å². The second kappa shape index (κ2) is 7.94. The van der Waals surface area contributed by atoms with Gasteiger partial charge in [0.1, 0.15) is 5.82 Å². The van der Waals surface area contributed by atoms with Gasteiger partial charge in [0.15, 0.2) is 0 Å². The third-order valence-electron chi connectivity index (χ3n) is 6.25. The number of carbonyl (C=O) groups excluding carboxylic acids is 1. The molecule has 4 heteroatoms. The number of rotatable bonds is 6. The fourth-order valence-electron chi connectivity index (χ4n) is 4.68. The molecule has 0 N–H and O–H groups in total. The summed E-state index contributed by atoms with van der Waals surface area (Å²) in [6, 6.07) is 23.3. The van der Waals surface area contributed by atoms with Gasteiger partial charge in [0.2, 0.25) is 5.91 Å². The van der Waals surface area contributed by atoms with Crippen molar-refractivity contribution in [2.24, 2.45) is 0 Å². The van der Waals surface area contributed by atoms with E-state index in [0.29, 0.717) is 6.42 Å². The van der Waals surface area contributed by atoms with Gasteiger partial charge in [-0.05, 0) is 34.9 Å². The Bertz CT molecular complexity index is 1200. The highest BCUT2D eigenvalue weighted by Gasteiger charge is 2.33. The molecule has 4 nitrogen and oxygen atoms in total. The predicted octanol–water partition coefficient (Wildman–Crippen LogP) is 5.35. The van der Waals surface area contributed by atoms with Crippen LogP contribution in [0.15, 0.2) is 66.7 Å². The van der Waals surface area contributed by atoms with Gasteiger partial charge in [0, 0.05) is 32.0 Å². The molecule has 0 spiro atoms. The molecule has 1 aromatic heterocycles. The summed E-state index contributed by atoms with van der Waals surface area (Å²) in [5.74, 6) is 1.45. The molecule has 1 unspecified atom stereocenters. The maximum absolute atomic E-state index is 12.6. The number of likely N-dealkylation sites (tertiary alicyclic amines) is 1. The first-order valence-corrected chi connectivity index (χ1v) is 10.9. The normalized spacial score (nSPS) is 16.8. The van der Waals surface area contributed by atoms with E-state index in [1.165, 1.54) is 16.3 Å². The number of hydrogen-bond acceptors (Lipinski definition) is 2. The van der Waals surface area contributed by atoms with E-state index in [1.54, 1.807) is 0 Å². The molecule has 1 aliphatic heterocycles. The van der Waals surface area contributed by atoms with Crippen molar-refractivity contribution in [3.8, 4) is 0 Å². The Labute approximate surface area is 177 Å². The quantitative estimate of drug-likeness (QED) is 0.440.